The molecule has 0 saturated carbocycles. The maximum atomic E-state index is 5.54. The number of benzene rings is 2. The summed E-state index contributed by atoms with van der Waals surface area (Å²) in [6.07, 6.45) is 2.07. The zero-order valence-corrected chi connectivity index (χ0v) is 11.3. The molecule has 0 aliphatic heterocycles. The summed E-state index contributed by atoms with van der Waals surface area (Å²) in [6.45, 7) is 0. The molecule has 0 fully saturated rings. The Morgan fingerprint density at radius 3 is 2.00 bits per heavy atom. The van der Waals surface area contributed by atoms with E-state index < -0.39 is 0 Å². The first-order valence-corrected chi connectivity index (χ1v) is 6.08. The highest BCUT2D eigenvalue weighted by atomic mass is 28.2. The summed E-state index contributed by atoms with van der Waals surface area (Å²) in [5.74, 6) is 0.943. The third-order valence-corrected chi connectivity index (χ3v) is 2.82. The second kappa shape index (κ2) is 5.33. The second-order valence-electron chi connectivity index (χ2n) is 3.49. The normalized spacial score (nSPS) is 11.4. The minimum atomic E-state index is 0.699. The molecule has 0 spiro atoms. The van der Waals surface area contributed by atoms with Crippen LogP contribution in [-0.4, -0.2) is 10.5 Å². The van der Waals surface area contributed by atoms with Crippen molar-refractivity contribution in [2.45, 2.75) is 0 Å². The van der Waals surface area contributed by atoms with Crippen LogP contribution in [0.3, 0.4) is 0 Å². The zero-order valence-electron chi connectivity index (χ0n) is 9.26. The minimum Gasteiger partial charge on any atom is -0.553 e. The lowest BCUT2D eigenvalue weighted by Crippen LogP contribution is -1.87. The van der Waals surface area contributed by atoms with Crippen molar-refractivity contribution in [2.24, 2.45) is 0 Å². The predicted molar refractivity (Wildman–Crippen MR) is 71.8 cm³/mol. The van der Waals surface area contributed by atoms with Gasteiger partial charge in [0.1, 0.15) is 5.76 Å². The molecule has 0 N–H and O–H groups in total. The molecule has 0 radical (unpaired) electrons. The smallest absolute Gasteiger partial charge is 0.204 e. The molecule has 0 aliphatic carbocycles. The van der Waals surface area contributed by atoms with Crippen LogP contribution in [0.25, 0.3) is 11.8 Å². The van der Waals surface area contributed by atoms with Crippen LogP contribution in [0.4, 0.5) is 0 Å². The minimum absolute atomic E-state index is 0.699. The maximum absolute atomic E-state index is 5.54. The molecule has 0 aliphatic rings. The molecule has 0 heterocycles. The van der Waals surface area contributed by atoms with Gasteiger partial charge in [0.05, 0.1) is 0 Å². The molecule has 0 atom stereocenters. The summed E-state index contributed by atoms with van der Waals surface area (Å²) < 4.78 is 5.54. The molecular weight excluding hydrogens is 212 g/mol. The highest BCUT2D eigenvalue weighted by Gasteiger charge is 1.99. The summed E-state index contributed by atoms with van der Waals surface area (Å²) in [7, 11) is 0.699. The van der Waals surface area contributed by atoms with Crippen LogP contribution in [0, 0.1) is 0 Å². The molecule has 2 aromatic carbocycles. The maximum Gasteiger partial charge on any atom is 0.204 e. The first-order valence-electron chi connectivity index (χ1n) is 5.26. The molecule has 1 nitrogen and oxygen atoms in total. The third kappa shape index (κ3) is 2.61. The largest absolute Gasteiger partial charge is 0.553 e. The molecule has 0 saturated heterocycles. The highest BCUT2D eigenvalue weighted by Crippen LogP contribution is 2.17. The molecule has 0 aromatic heterocycles. The quantitative estimate of drug-likeness (QED) is 0.444. The van der Waals surface area contributed by atoms with Crippen molar-refractivity contribution < 1.29 is 4.43 Å². The van der Waals surface area contributed by atoms with Crippen molar-refractivity contribution in [3.8, 4) is 0 Å². The summed E-state index contributed by atoms with van der Waals surface area (Å²) in [6, 6.07) is 20.4. The fraction of sp³-hybridized carbons (Fsp3) is 0. The van der Waals surface area contributed by atoms with Gasteiger partial charge < -0.3 is 4.43 Å². The van der Waals surface area contributed by atoms with Gasteiger partial charge in [0.15, 0.2) is 0 Å². The average molecular weight is 226 g/mol. The fourth-order valence-corrected chi connectivity index (χ4v) is 1.92. The van der Waals surface area contributed by atoms with Crippen molar-refractivity contribution in [2.75, 3.05) is 0 Å². The van der Waals surface area contributed by atoms with E-state index in [0.29, 0.717) is 10.5 Å². The van der Waals surface area contributed by atoms with E-state index in [1.165, 1.54) is 0 Å². The summed E-state index contributed by atoms with van der Waals surface area (Å²) in [4.78, 5) is 0. The Morgan fingerprint density at radius 2 is 1.44 bits per heavy atom. The molecule has 80 valence electrons. The summed E-state index contributed by atoms with van der Waals surface area (Å²) in [5, 5.41) is 0. The van der Waals surface area contributed by atoms with E-state index in [1.54, 1.807) is 0 Å². The van der Waals surface area contributed by atoms with E-state index in [1.807, 2.05) is 36.4 Å². The monoisotopic (exact) mass is 226 g/mol. The van der Waals surface area contributed by atoms with Crippen molar-refractivity contribution in [3.63, 3.8) is 0 Å². The molecule has 2 rings (SSSR count). The molecular formula is C14H14OSi. The van der Waals surface area contributed by atoms with Crippen LogP contribution < -0.4 is 0 Å². The molecule has 16 heavy (non-hydrogen) atoms. The van der Waals surface area contributed by atoms with Crippen LogP contribution in [-0.2, 0) is 4.43 Å². The first kappa shape index (κ1) is 10.7. The first-order chi connectivity index (χ1) is 7.90. The third-order valence-electron chi connectivity index (χ3n) is 2.38. The van der Waals surface area contributed by atoms with Gasteiger partial charge in [0, 0.05) is 5.56 Å². The lowest BCUT2D eigenvalue weighted by Gasteiger charge is -2.07. The zero-order chi connectivity index (χ0) is 11.2. The van der Waals surface area contributed by atoms with E-state index in [4.69, 9.17) is 4.43 Å². The Bertz CT molecular complexity index is 463. The van der Waals surface area contributed by atoms with E-state index in [-0.39, 0.29) is 0 Å². The van der Waals surface area contributed by atoms with Crippen LogP contribution in [0.15, 0.2) is 60.7 Å². The van der Waals surface area contributed by atoms with E-state index >= 15 is 0 Å². The topological polar surface area (TPSA) is 9.23 Å². The number of rotatable bonds is 3. The van der Waals surface area contributed by atoms with Crippen LogP contribution in [0.5, 0.6) is 0 Å². The SMILES string of the molecule is [SiH3]OC(=Cc1ccccc1)c1ccccc1. The van der Waals surface area contributed by atoms with Crippen molar-refractivity contribution >= 4 is 22.3 Å². The molecule has 0 unspecified atom stereocenters. The fourth-order valence-electron chi connectivity index (χ4n) is 1.56. The van der Waals surface area contributed by atoms with Crippen LogP contribution in [0.2, 0.25) is 0 Å². The second-order valence-corrected chi connectivity index (χ2v) is 3.90. The van der Waals surface area contributed by atoms with Crippen LogP contribution >= 0.6 is 0 Å². The van der Waals surface area contributed by atoms with Gasteiger partial charge in [-0.3, -0.25) is 0 Å². The Kier molecular flexibility index (Phi) is 3.56. The molecule has 2 aromatic rings. The average Bonchev–Trinajstić information content (AvgIpc) is 2.38. The van der Waals surface area contributed by atoms with E-state index in [9.17, 15) is 0 Å². The van der Waals surface area contributed by atoms with Crippen molar-refractivity contribution in [1.82, 2.24) is 0 Å². The molecule has 0 bridgehead atoms. The Morgan fingerprint density at radius 1 is 0.875 bits per heavy atom. The van der Waals surface area contributed by atoms with Gasteiger partial charge in [0.2, 0.25) is 10.5 Å². The van der Waals surface area contributed by atoms with E-state index in [2.05, 4.69) is 30.3 Å². The summed E-state index contributed by atoms with van der Waals surface area (Å²) >= 11 is 0. The van der Waals surface area contributed by atoms with Gasteiger partial charge >= 0.3 is 0 Å². The van der Waals surface area contributed by atoms with E-state index in [0.717, 1.165) is 16.9 Å². The van der Waals surface area contributed by atoms with Gasteiger partial charge in [-0.2, -0.15) is 0 Å². The van der Waals surface area contributed by atoms with Crippen molar-refractivity contribution in [1.29, 1.82) is 0 Å². The van der Waals surface area contributed by atoms with Gasteiger partial charge in [-0.05, 0) is 11.6 Å². The van der Waals surface area contributed by atoms with Gasteiger partial charge in [-0.15, -0.1) is 0 Å². The number of hydrogen-bond acceptors (Lipinski definition) is 1. The Labute approximate surface area is 98.9 Å². The van der Waals surface area contributed by atoms with Crippen LogP contribution in [0.1, 0.15) is 11.1 Å². The van der Waals surface area contributed by atoms with Crippen molar-refractivity contribution in [3.05, 3.63) is 71.8 Å². The van der Waals surface area contributed by atoms with Gasteiger partial charge in [-0.1, -0.05) is 60.7 Å². The standard InChI is InChI=1S/C14H14OSi/c16-15-14(13-9-5-2-6-10-13)11-12-7-3-1-4-8-12/h1-11H,16H3. The predicted octanol–water partition coefficient (Wildman–Crippen LogP) is 2.48. The Balaban J connectivity index is 2.34. The lowest BCUT2D eigenvalue weighted by molar-refractivity contribution is 0.576. The lowest BCUT2D eigenvalue weighted by atomic mass is 10.1. The highest BCUT2D eigenvalue weighted by molar-refractivity contribution is 6.03. The molecule has 0 amide bonds. The van der Waals surface area contributed by atoms with Gasteiger partial charge in [-0.25, -0.2) is 0 Å². The Hall–Kier alpha value is -1.80. The molecule has 2 heteroatoms. The number of hydrogen-bond donors (Lipinski definition) is 0. The summed E-state index contributed by atoms with van der Waals surface area (Å²) in [5.41, 5.74) is 2.29. The van der Waals surface area contributed by atoms with Gasteiger partial charge in [0.25, 0.3) is 0 Å².